The fourth-order valence-corrected chi connectivity index (χ4v) is 1.59. The van der Waals surface area contributed by atoms with Crippen LogP contribution in [-0.4, -0.2) is 18.8 Å². The SMILES string of the molecule is CCCCOc1ccc(C2CC2)cc1.CO. The van der Waals surface area contributed by atoms with E-state index in [1.165, 1.54) is 24.8 Å². The zero-order chi connectivity index (χ0) is 11.8. The van der Waals surface area contributed by atoms with Gasteiger partial charge < -0.3 is 9.84 Å². The second kappa shape index (κ2) is 7.29. The minimum absolute atomic E-state index is 0.847. The summed E-state index contributed by atoms with van der Waals surface area (Å²) in [6.07, 6.45) is 5.08. The van der Waals surface area contributed by atoms with Gasteiger partial charge >= 0.3 is 0 Å². The Morgan fingerprint density at radius 2 is 1.81 bits per heavy atom. The molecule has 2 heteroatoms. The Morgan fingerprint density at radius 3 is 2.31 bits per heavy atom. The molecule has 1 N–H and O–H groups in total. The molecule has 0 aliphatic heterocycles. The van der Waals surface area contributed by atoms with Crippen LogP contribution in [-0.2, 0) is 0 Å². The first-order valence-corrected chi connectivity index (χ1v) is 6.07. The molecule has 0 unspecified atom stereocenters. The molecule has 1 aliphatic carbocycles. The molecule has 2 rings (SSSR count). The van der Waals surface area contributed by atoms with E-state index < -0.39 is 0 Å². The molecule has 1 saturated carbocycles. The first kappa shape index (κ1) is 13.0. The van der Waals surface area contributed by atoms with Crippen molar-refractivity contribution in [2.45, 2.75) is 38.5 Å². The number of aliphatic hydroxyl groups is 1. The van der Waals surface area contributed by atoms with Gasteiger partial charge in [0.1, 0.15) is 5.75 Å². The molecule has 16 heavy (non-hydrogen) atoms. The van der Waals surface area contributed by atoms with Gasteiger partial charge in [-0.25, -0.2) is 0 Å². The Labute approximate surface area is 98.3 Å². The van der Waals surface area contributed by atoms with E-state index in [9.17, 15) is 0 Å². The molecule has 0 radical (unpaired) electrons. The predicted molar refractivity (Wildman–Crippen MR) is 67.0 cm³/mol. The summed E-state index contributed by atoms with van der Waals surface area (Å²) in [7, 11) is 1.00. The first-order chi connectivity index (χ1) is 7.90. The maximum Gasteiger partial charge on any atom is 0.119 e. The van der Waals surface area contributed by atoms with Crippen LogP contribution in [0.3, 0.4) is 0 Å². The average molecular weight is 222 g/mol. The summed E-state index contributed by atoms with van der Waals surface area (Å²) in [5.41, 5.74) is 1.48. The molecule has 2 nitrogen and oxygen atoms in total. The van der Waals surface area contributed by atoms with Gasteiger partial charge in [0.15, 0.2) is 0 Å². The van der Waals surface area contributed by atoms with Crippen molar-refractivity contribution in [2.24, 2.45) is 0 Å². The van der Waals surface area contributed by atoms with E-state index in [1.54, 1.807) is 0 Å². The molecule has 1 aliphatic rings. The van der Waals surface area contributed by atoms with E-state index in [2.05, 4.69) is 31.2 Å². The van der Waals surface area contributed by atoms with Crippen molar-refractivity contribution < 1.29 is 9.84 Å². The third kappa shape index (κ3) is 4.23. The van der Waals surface area contributed by atoms with Gasteiger partial charge in [-0.1, -0.05) is 25.5 Å². The van der Waals surface area contributed by atoms with Crippen molar-refractivity contribution in [1.82, 2.24) is 0 Å². The van der Waals surface area contributed by atoms with Crippen LogP contribution in [0.2, 0.25) is 0 Å². The lowest BCUT2D eigenvalue weighted by molar-refractivity contribution is 0.309. The lowest BCUT2D eigenvalue weighted by Crippen LogP contribution is -1.96. The van der Waals surface area contributed by atoms with Crippen LogP contribution in [0.25, 0.3) is 0 Å². The maximum absolute atomic E-state index is 7.00. The molecule has 1 fully saturated rings. The monoisotopic (exact) mass is 222 g/mol. The topological polar surface area (TPSA) is 29.5 Å². The number of aliphatic hydroxyl groups excluding tert-OH is 1. The fourth-order valence-electron chi connectivity index (χ4n) is 1.59. The molecule has 0 atom stereocenters. The number of ether oxygens (including phenoxy) is 1. The molecule has 1 aromatic carbocycles. The van der Waals surface area contributed by atoms with Gasteiger partial charge in [-0.3, -0.25) is 0 Å². The quantitative estimate of drug-likeness (QED) is 0.774. The van der Waals surface area contributed by atoms with Crippen molar-refractivity contribution in [2.75, 3.05) is 13.7 Å². The summed E-state index contributed by atoms with van der Waals surface area (Å²) in [5, 5.41) is 7.00. The normalized spacial score (nSPS) is 13.9. The van der Waals surface area contributed by atoms with E-state index in [0.717, 1.165) is 31.8 Å². The van der Waals surface area contributed by atoms with E-state index in [-0.39, 0.29) is 0 Å². The summed E-state index contributed by atoms with van der Waals surface area (Å²) >= 11 is 0. The molecule has 0 spiro atoms. The van der Waals surface area contributed by atoms with Crippen LogP contribution in [0, 0.1) is 0 Å². The van der Waals surface area contributed by atoms with E-state index in [0.29, 0.717) is 0 Å². The predicted octanol–water partition coefficient (Wildman–Crippen LogP) is 3.35. The van der Waals surface area contributed by atoms with Gasteiger partial charge in [-0.2, -0.15) is 0 Å². The number of rotatable bonds is 5. The van der Waals surface area contributed by atoms with Gasteiger partial charge in [0.25, 0.3) is 0 Å². The summed E-state index contributed by atoms with van der Waals surface area (Å²) in [5.74, 6) is 1.86. The number of unbranched alkanes of at least 4 members (excludes halogenated alkanes) is 1. The Hall–Kier alpha value is -1.02. The van der Waals surface area contributed by atoms with Crippen LogP contribution < -0.4 is 4.74 Å². The first-order valence-electron chi connectivity index (χ1n) is 6.07. The van der Waals surface area contributed by atoms with E-state index in [4.69, 9.17) is 9.84 Å². The van der Waals surface area contributed by atoms with Gasteiger partial charge in [-0.05, 0) is 42.9 Å². The second-order valence-electron chi connectivity index (χ2n) is 4.05. The lowest BCUT2D eigenvalue weighted by atomic mass is 10.1. The zero-order valence-electron chi connectivity index (χ0n) is 10.3. The molecule has 0 saturated heterocycles. The van der Waals surface area contributed by atoms with Crippen LogP contribution in [0.15, 0.2) is 24.3 Å². The third-order valence-electron chi connectivity index (χ3n) is 2.70. The van der Waals surface area contributed by atoms with Crippen molar-refractivity contribution in [3.05, 3.63) is 29.8 Å². The van der Waals surface area contributed by atoms with Crippen molar-refractivity contribution in [3.63, 3.8) is 0 Å². The highest BCUT2D eigenvalue weighted by molar-refractivity contribution is 5.31. The highest BCUT2D eigenvalue weighted by Crippen LogP contribution is 2.40. The summed E-state index contributed by atoms with van der Waals surface area (Å²) in [4.78, 5) is 0. The van der Waals surface area contributed by atoms with Crippen LogP contribution >= 0.6 is 0 Å². The zero-order valence-corrected chi connectivity index (χ0v) is 10.3. The Kier molecular flexibility index (Phi) is 5.94. The maximum atomic E-state index is 7.00. The third-order valence-corrected chi connectivity index (χ3v) is 2.70. The number of hydrogen-bond donors (Lipinski definition) is 1. The van der Waals surface area contributed by atoms with E-state index in [1.807, 2.05) is 0 Å². The highest BCUT2D eigenvalue weighted by Gasteiger charge is 2.22. The Morgan fingerprint density at radius 1 is 1.19 bits per heavy atom. The summed E-state index contributed by atoms with van der Waals surface area (Å²) in [6, 6.07) is 8.62. The molecule has 0 amide bonds. The van der Waals surface area contributed by atoms with Gasteiger partial charge in [0.05, 0.1) is 6.61 Å². The van der Waals surface area contributed by atoms with Gasteiger partial charge in [0, 0.05) is 7.11 Å². The van der Waals surface area contributed by atoms with Crippen LogP contribution in [0.5, 0.6) is 5.75 Å². The van der Waals surface area contributed by atoms with Crippen molar-refractivity contribution >= 4 is 0 Å². The summed E-state index contributed by atoms with van der Waals surface area (Å²) < 4.78 is 5.60. The number of benzene rings is 1. The molecular weight excluding hydrogens is 200 g/mol. The summed E-state index contributed by atoms with van der Waals surface area (Å²) in [6.45, 7) is 3.03. The lowest BCUT2D eigenvalue weighted by Gasteiger charge is -2.05. The van der Waals surface area contributed by atoms with Crippen LogP contribution in [0.1, 0.15) is 44.1 Å². The van der Waals surface area contributed by atoms with Gasteiger partial charge in [-0.15, -0.1) is 0 Å². The largest absolute Gasteiger partial charge is 0.494 e. The molecular formula is C14H22O2. The molecule has 0 heterocycles. The van der Waals surface area contributed by atoms with Crippen molar-refractivity contribution in [1.29, 1.82) is 0 Å². The highest BCUT2D eigenvalue weighted by atomic mass is 16.5. The van der Waals surface area contributed by atoms with Gasteiger partial charge in [0.2, 0.25) is 0 Å². The Bertz CT molecular complexity index is 275. The minimum Gasteiger partial charge on any atom is -0.494 e. The Balaban J connectivity index is 0.000000606. The molecule has 0 bridgehead atoms. The average Bonchev–Trinajstić information content (AvgIpc) is 3.17. The second-order valence-corrected chi connectivity index (χ2v) is 4.05. The fraction of sp³-hybridized carbons (Fsp3) is 0.571. The van der Waals surface area contributed by atoms with Crippen LogP contribution in [0.4, 0.5) is 0 Å². The molecule has 1 aromatic rings. The standard InChI is InChI=1S/C13H18O.CH4O/c1-2-3-10-14-13-8-6-12(7-9-13)11-4-5-11;1-2/h6-9,11H,2-5,10H2,1H3;2H,1H3. The minimum atomic E-state index is 0.847. The smallest absolute Gasteiger partial charge is 0.119 e. The molecule has 0 aromatic heterocycles. The number of hydrogen-bond acceptors (Lipinski definition) is 2. The molecule has 90 valence electrons. The van der Waals surface area contributed by atoms with Crippen molar-refractivity contribution in [3.8, 4) is 5.75 Å². The van der Waals surface area contributed by atoms with E-state index >= 15 is 0 Å².